The molecule has 0 aromatic heterocycles. The zero-order chi connectivity index (χ0) is 18.6. The first-order valence-electron chi connectivity index (χ1n) is 6.80. The van der Waals surface area contributed by atoms with Crippen LogP contribution in [0.3, 0.4) is 0 Å². The fourth-order valence-electron chi connectivity index (χ4n) is 1.88. The Labute approximate surface area is 149 Å². The van der Waals surface area contributed by atoms with E-state index in [2.05, 4.69) is 10.1 Å². The Hall–Kier alpha value is -2.78. The summed E-state index contributed by atoms with van der Waals surface area (Å²) in [5.41, 5.74) is 5.90. The smallest absolute Gasteiger partial charge is 0.339 e. The van der Waals surface area contributed by atoms with Crippen LogP contribution in [0, 0.1) is 0 Å². The second-order valence-electron chi connectivity index (χ2n) is 4.81. The van der Waals surface area contributed by atoms with Crippen molar-refractivity contribution in [2.45, 2.75) is 4.90 Å². The van der Waals surface area contributed by atoms with E-state index in [-0.39, 0.29) is 21.2 Å². The van der Waals surface area contributed by atoms with Crippen LogP contribution >= 0.6 is 11.6 Å². The SMILES string of the molecule is COC(=O)c1ccc(Cl)cc1NC(=O)NS(=O)(=O)c1ccc(N)cc1. The summed E-state index contributed by atoms with van der Waals surface area (Å²) in [4.78, 5) is 23.6. The van der Waals surface area contributed by atoms with Gasteiger partial charge >= 0.3 is 12.0 Å². The first-order chi connectivity index (χ1) is 11.7. The normalized spacial score (nSPS) is 10.8. The molecule has 0 radical (unpaired) electrons. The number of halogens is 1. The van der Waals surface area contributed by atoms with Crippen molar-refractivity contribution < 1.29 is 22.7 Å². The summed E-state index contributed by atoms with van der Waals surface area (Å²) >= 11 is 5.84. The van der Waals surface area contributed by atoms with Gasteiger partial charge in [-0.25, -0.2) is 22.7 Å². The lowest BCUT2D eigenvalue weighted by molar-refractivity contribution is 0.0602. The highest BCUT2D eigenvalue weighted by molar-refractivity contribution is 7.90. The lowest BCUT2D eigenvalue weighted by atomic mass is 10.2. The van der Waals surface area contributed by atoms with Crippen molar-refractivity contribution in [1.29, 1.82) is 0 Å². The molecule has 0 aliphatic heterocycles. The van der Waals surface area contributed by atoms with Crippen molar-refractivity contribution in [3.8, 4) is 0 Å². The summed E-state index contributed by atoms with van der Waals surface area (Å²) in [6.07, 6.45) is 0. The molecule has 2 rings (SSSR count). The van der Waals surface area contributed by atoms with Crippen LogP contribution in [0.4, 0.5) is 16.2 Å². The predicted molar refractivity (Wildman–Crippen MR) is 93.0 cm³/mol. The number of nitrogens with two attached hydrogens (primary N) is 1. The predicted octanol–water partition coefficient (Wildman–Crippen LogP) is 2.22. The Balaban J connectivity index is 2.21. The van der Waals surface area contributed by atoms with Crippen LogP contribution < -0.4 is 15.8 Å². The highest BCUT2D eigenvalue weighted by atomic mass is 35.5. The maximum Gasteiger partial charge on any atom is 0.339 e. The Bertz CT molecular complexity index is 913. The lowest BCUT2D eigenvalue weighted by Gasteiger charge is -2.12. The first kappa shape index (κ1) is 18.6. The number of amides is 2. The van der Waals surface area contributed by atoms with E-state index in [1.54, 1.807) is 0 Å². The number of esters is 1. The van der Waals surface area contributed by atoms with Gasteiger partial charge in [0, 0.05) is 10.7 Å². The topological polar surface area (TPSA) is 128 Å². The van der Waals surface area contributed by atoms with Crippen molar-refractivity contribution in [2.75, 3.05) is 18.2 Å². The molecule has 0 bridgehead atoms. The molecule has 0 aliphatic carbocycles. The Morgan fingerprint density at radius 2 is 1.76 bits per heavy atom. The van der Waals surface area contributed by atoms with E-state index >= 15 is 0 Å². The van der Waals surface area contributed by atoms with Gasteiger partial charge in [-0.05, 0) is 42.5 Å². The molecule has 2 aromatic rings. The number of ether oxygens (including phenoxy) is 1. The van der Waals surface area contributed by atoms with E-state index in [0.29, 0.717) is 5.69 Å². The molecule has 0 saturated heterocycles. The zero-order valence-electron chi connectivity index (χ0n) is 12.9. The molecule has 0 unspecified atom stereocenters. The summed E-state index contributed by atoms with van der Waals surface area (Å²) in [5, 5.41) is 2.50. The molecule has 0 saturated carbocycles. The Morgan fingerprint density at radius 1 is 1.12 bits per heavy atom. The van der Waals surface area contributed by atoms with Crippen molar-refractivity contribution in [3.05, 3.63) is 53.1 Å². The van der Waals surface area contributed by atoms with E-state index in [1.165, 1.54) is 49.6 Å². The van der Waals surface area contributed by atoms with Crippen molar-refractivity contribution in [1.82, 2.24) is 4.72 Å². The fraction of sp³-hybridized carbons (Fsp3) is 0.0667. The standard InChI is InChI=1S/C15H14ClN3O5S/c1-24-14(20)12-7-2-9(16)8-13(12)18-15(21)19-25(22,23)11-5-3-10(17)4-6-11/h2-8H,17H2,1H3,(H2,18,19,21). The van der Waals surface area contributed by atoms with Crippen LogP contribution in [-0.4, -0.2) is 27.5 Å². The summed E-state index contributed by atoms with van der Waals surface area (Å²) in [7, 11) is -2.94. The number of carbonyl (C=O) groups excluding carboxylic acids is 2. The minimum Gasteiger partial charge on any atom is -0.465 e. The van der Waals surface area contributed by atoms with E-state index in [9.17, 15) is 18.0 Å². The number of nitrogen functional groups attached to an aromatic ring is 1. The van der Waals surface area contributed by atoms with Gasteiger partial charge in [-0.3, -0.25) is 0 Å². The van der Waals surface area contributed by atoms with Crippen LogP contribution in [0.5, 0.6) is 0 Å². The molecule has 0 fully saturated rings. The number of sulfonamides is 1. The number of carbonyl (C=O) groups is 2. The van der Waals surface area contributed by atoms with Crippen LogP contribution in [0.25, 0.3) is 0 Å². The highest BCUT2D eigenvalue weighted by Gasteiger charge is 2.20. The summed E-state index contributed by atoms with van der Waals surface area (Å²) in [6.45, 7) is 0. The highest BCUT2D eigenvalue weighted by Crippen LogP contribution is 2.22. The van der Waals surface area contributed by atoms with Crippen LogP contribution in [-0.2, 0) is 14.8 Å². The molecular formula is C15H14ClN3O5S. The summed E-state index contributed by atoms with van der Waals surface area (Å²) < 4.78 is 30.7. The van der Waals surface area contributed by atoms with Gasteiger partial charge in [0.1, 0.15) is 0 Å². The number of anilines is 2. The third kappa shape index (κ3) is 4.61. The third-order valence-electron chi connectivity index (χ3n) is 3.05. The van der Waals surface area contributed by atoms with Gasteiger partial charge < -0.3 is 15.8 Å². The number of benzene rings is 2. The van der Waals surface area contributed by atoms with E-state index in [4.69, 9.17) is 17.3 Å². The fourth-order valence-corrected chi connectivity index (χ4v) is 2.96. The molecule has 25 heavy (non-hydrogen) atoms. The van der Waals surface area contributed by atoms with Crippen LogP contribution in [0.1, 0.15) is 10.4 Å². The van der Waals surface area contributed by atoms with Crippen molar-refractivity contribution >= 4 is 45.0 Å². The first-order valence-corrected chi connectivity index (χ1v) is 8.66. The van der Waals surface area contributed by atoms with E-state index < -0.39 is 22.0 Å². The second kappa shape index (κ2) is 7.41. The van der Waals surface area contributed by atoms with E-state index in [1.807, 2.05) is 4.72 Å². The van der Waals surface area contributed by atoms with Crippen LogP contribution in [0.15, 0.2) is 47.4 Å². The largest absolute Gasteiger partial charge is 0.465 e. The number of hydrogen-bond donors (Lipinski definition) is 3. The maximum absolute atomic E-state index is 12.2. The molecule has 0 heterocycles. The number of rotatable bonds is 4. The molecule has 2 aromatic carbocycles. The number of urea groups is 1. The molecule has 132 valence electrons. The summed E-state index contributed by atoms with van der Waals surface area (Å²) in [5.74, 6) is -0.714. The lowest BCUT2D eigenvalue weighted by Crippen LogP contribution is -2.34. The Kier molecular flexibility index (Phi) is 5.50. The maximum atomic E-state index is 12.2. The Morgan fingerprint density at radius 3 is 2.36 bits per heavy atom. The van der Waals surface area contributed by atoms with Crippen molar-refractivity contribution in [3.63, 3.8) is 0 Å². The molecule has 0 aliphatic rings. The quantitative estimate of drug-likeness (QED) is 0.548. The molecule has 0 spiro atoms. The van der Waals surface area contributed by atoms with Crippen LogP contribution in [0.2, 0.25) is 5.02 Å². The number of nitrogens with one attached hydrogen (secondary N) is 2. The molecular weight excluding hydrogens is 370 g/mol. The van der Waals surface area contributed by atoms with E-state index in [0.717, 1.165) is 0 Å². The number of hydrogen-bond acceptors (Lipinski definition) is 6. The molecule has 8 nitrogen and oxygen atoms in total. The molecule has 4 N–H and O–H groups in total. The zero-order valence-corrected chi connectivity index (χ0v) is 14.5. The average Bonchev–Trinajstić information content (AvgIpc) is 2.54. The minimum atomic E-state index is -4.11. The molecule has 10 heteroatoms. The van der Waals surface area contributed by atoms with Gasteiger partial charge in [-0.1, -0.05) is 11.6 Å². The average molecular weight is 384 g/mol. The van der Waals surface area contributed by atoms with Crippen molar-refractivity contribution in [2.24, 2.45) is 0 Å². The van der Waals surface area contributed by atoms with Gasteiger partial charge in [-0.2, -0.15) is 0 Å². The third-order valence-corrected chi connectivity index (χ3v) is 4.63. The van der Waals surface area contributed by atoms with Gasteiger partial charge in [0.05, 0.1) is 23.3 Å². The number of methoxy groups -OCH3 is 1. The monoisotopic (exact) mass is 383 g/mol. The van der Waals surface area contributed by atoms with Gasteiger partial charge in [0.25, 0.3) is 10.0 Å². The summed E-state index contributed by atoms with van der Waals surface area (Å²) in [6, 6.07) is 8.29. The second-order valence-corrected chi connectivity index (χ2v) is 6.93. The van der Waals surface area contributed by atoms with Gasteiger partial charge in [0.15, 0.2) is 0 Å². The molecule has 0 atom stereocenters. The minimum absolute atomic E-state index is 0.00403. The molecule has 2 amide bonds. The van der Waals surface area contributed by atoms with Gasteiger partial charge in [0.2, 0.25) is 0 Å². The van der Waals surface area contributed by atoms with Gasteiger partial charge in [-0.15, -0.1) is 0 Å².